The number of thioether (sulfide) groups is 1. The smallest absolute Gasteiger partial charge is 0.348 e. The van der Waals surface area contributed by atoms with E-state index in [-0.39, 0.29) is 12.2 Å². The molecular weight excluding hydrogens is 486 g/mol. The lowest BCUT2D eigenvalue weighted by Gasteiger charge is -2.10. The summed E-state index contributed by atoms with van der Waals surface area (Å²) in [6.07, 6.45) is 2.03. The molecule has 0 aliphatic carbocycles. The Morgan fingerprint density at radius 1 is 1.20 bits per heavy atom. The third-order valence-electron chi connectivity index (χ3n) is 5.45. The second kappa shape index (κ2) is 11.0. The van der Waals surface area contributed by atoms with Gasteiger partial charge in [-0.1, -0.05) is 25.1 Å². The standard InChI is InChI=1S/C24H27N5O4S2/c1-5-7-12-29-20(15-8-10-16(32-4)11-9-15)27-28-24(29)34-13-17-25-21(30)18-14(3)19(23(31)33-6-2)35-22(18)26-17/h8-11H,5-7,12-13H2,1-4H3,(H,25,26,30). The number of nitrogens with zero attached hydrogens (tertiary/aromatic N) is 4. The summed E-state index contributed by atoms with van der Waals surface area (Å²) in [7, 11) is 1.64. The molecule has 0 bridgehead atoms. The molecule has 1 aromatic carbocycles. The first-order valence-corrected chi connectivity index (χ1v) is 13.2. The maximum atomic E-state index is 12.8. The van der Waals surface area contributed by atoms with E-state index in [0.717, 1.165) is 41.7 Å². The first-order valence-electron chi connectivity index (χ1n) is 11.4. The Hall–Kier alpha value is -3.18. The Labute approximate surface area is 210 Å². The van der Waals surface area contributed by atoms with Crippen molar-refractivity contribution in [2.24, 2.45) is 0 Å². The highest BCUT2D eigenvalue weighted by molar-refractivity contribution is 7.98. The van der Waals surface area contributed by atoms with E-state index in [0.29, 0.717) is 32.2 Å². The monoisotopic (exact) mass is 513 g/mol. The highest BCUT2D eigenvalue weighted by Gasteiger charge is 2.21. The second-order valence-corrected chi connectivity index (χ2v) is 9.74. The summed E-state index contributed by atoms with van der Waals surface area (Å²) < 4.78 is 12.5. The molecule has 3 aromatic heterocycles. The molecule has 0 atom stereocenters. The van der Waals surface area contributed by atoms with Crippen molar-refractivity contribution in [1.82, 2.24) is 24.7 Å². The van der Waals surface area contributed by atoms with Gasteiger partial charge in [-0.3, -0.25) is 4.79 Å². The van der Waals surface area contributed by atoms with E-state index in [1.54, 1.807) is 21.0 Å². The molecule has 0 amide bonds. The molecule has 3 heterocycles. The highest BCUT2D eigenvalue weighted by Crippen LogP contribution is 2.30. The number of fused-ring (bicyclic) bond motifs is 1. The van der Waals surface area contributed by atoms with E-state index >= 15 is 0 Å². The molecule has 0 aliphatic heterocycles. The van der Waals surface area contributed by atoms with Crippen LogP contribution >= 0.6 is 23.1 Å². The number of benzene rings is 1. The number of H-pyrrole nitrogens is 1. The van der Waals surface area contributed by atoms with Crippen LogP contribution in [0.25, 0.3) is 21.6 Å². The number of hydrogen-bond donors (Lipinski definition) is 1. The fraction of sp³-hybridized carbons (Fsp3) is 0.375. The quantitative estimate of drug-likeness (QED) is 0.237. The third-order valence-corrected chi connectivity index (χ3v) is 7.59. The van der Waals surface area contributed by atoms with Crippen LogP contribution in [0.4, 0.5) is 0 Å². The summed E-state index contributed by atoms with van der Waals surface area (Å²) in [4.78, 5) is 33.4. The minimum atomic E-state index is -0.432. The number of carbonyl (C=O) groups excluding carboxylic acids is 1. The fourth-order valence-corrected chi connectivity index (χ4v) is 5.58. The maximum absolute atomic E-state index is 12.8. The van der Waals surface area contributed by atoms with Crippen molar-refractivity contribution >= 4 is 39.3 Å². The van der Waals surface area contributed by atoms with Gasteiger partial charge >= 0.3 is 5.97 Å². The lowest BCUT2D eigenvalue weighted by Crippen LogP contribution is -2.11. The normalized spacial score (nSPS) is 11.2. The molecule has 0 unspecified atom stereocenters. The Balaban J connectivity index is 1.61. The zero-order chi connectivity index (χ0) is 24.9. The SMILES string of the molecule is CCCCn1c(SCc2nc3sc(C(=O)OCC)c(C)c3c(=O)[nH]2)nnc1-c1ccc(OC)cc1. The van der Waals surface area contributed by atoms with Crippen LogP contribution in [0.3, 0.4) is 0 Å². The number of aromatic amines is 1. The van der Waals surface area contributed by atoms with Gasteiger partial charge in [0.1, 0.15) is 21.3 Å². The molecule has 0 fully saturated rings. The van der Waals surface area contributed by atoms with Gasteiger partial charge in [-0.2, -0.15) is 0 Å². The van der Waals surface area contributed by atoms with Gasteiger partial charge in [-0.15, -0.1) is 21.5 Å². The number of ether oxygens (including phenoxy) is 2. The van der Waals surface area contributed by atoms with Crippen LogP contribution in [0, 0.1) is 6.92 Å². The van der Waals surface area contributed by atoms with Gasteiger partial charge in [0.2, 0.25) is 0 Å². The molecule has 11 heteroatoms. The summed E-state index contributed by atoms with van der Waals surface area (Å²) in [6, 6.07) is 7.73. The third kappa shape index (κ3) is 5.25. The zero-order valence-electron chi connectivity index (χ0n) is 20.1. The molecule has 0 saturated heterocycles. The van der Waals surface area contributed by atoms with E-state index in [9.17, 15) is 9.59 Å². The van der Waals surface area contributed by atoms with E-state index in [2.05, 4.69) is 31.7 Å². The van der Waals surface area contributed by atoms with E-state index in [1.807, 2.05) is 24.3 Å². The first kappa shape index (κ1) is 24.9. The molecule has 0 saturated carbocycles. The van der Waals surface area contributed by atoms with Gasteiger partial charge in [0.05, 0.1) is 24.9 Å². The van der Waals surface area contributed by atoms with E-state index < -0.39 is 5.97 Å². The molecule has 0 radical (unpaired) electrons. The van der Waals surface area contributed by atoms with Crippen molar-refractivity contribution in [3.8, 4) is 17.1 Å². The summed E-state index contributed by atoms with van der Waals surface area (Å²) >= 11 is 2.64. The van der Waals surface area contributed by atoms with Gasteiger partial charge < -0.3 is 19.0 Å². The Morgan fingerprint density at radius 2 is 1.97 bits per heavy atom. The van der Waals surface area contributed by atoms with Gasteiger partial charge in [0.25, 0.3) is 5.56 Å². The number of thiophene rings is 1. The van der Waals surface area contributed by atoms with Crippen molar-refractivity contribution in [1.29, 1.82) is 0 Å². The first-order chi connectivity index (χ1) is 17.0. The summed E-state index contributed by atoms with van der Waals surface area (Å²) in [5, 5.41) is 10.0. The van der Waals surface area contributed by atoms with Crippen molar-refractivity contribution < 1.29 is 14.3 Å². The second-order valence-electron chi connectivity index (χ2n) is 7.80. The predicted molar refractivity (Wildman–Crippen MR) is 137 cm³/mol. The Bertz CT molecular complexity index is 1390. The summed E-state index contributed by atoms with van der Waals surface area (Å²) in [5.41, 5.74) is 1.29. The Morgan fingerprint density at radius 3 is 2.66 bits per heavy atom. The number of unbranched alkanes of at least 4 members (excludes halogenated alkanes) is 1. The van der Waals surface area contributed by atoms with Crippen LogP contribution in [0.5, 0.6) is 5.75 Å². The lowest BCUT2D eigenvalue weighted by atomic mass is 10.2. The summed E-state index contributed by atoms with van der Waals surface area (Å²) in [6.45, 7) is 6.69. The number of carbonyl (C=O) groups is 1. The molecule has 35 heavy (non-hydrogen) atoms. The van der Waals surface area contributed by atoms with Crippen molar-refractivity contribution in [2.45, 2.75) is 51.1 Å². The minimum Gasteiger partial charge on any atom is -0.497 e. The van der Waals surface area contributed by atoms with Crippen LogP contribution in [-0.4, -0.2) is 44.4 Å². The van der Waals surface area contributed by atoms with Gasteiger partial charge in [-0.25, -0.2) is 9.78 Å². The Kier molecular flexibility index (Phi) is 7.86. The van der Waals surface area contributed by atoms with Crippen LogP contribution in [-0.2, 0) is 17.0 Å². The number of aromatic nitrogens is 5. The minimum absolute atomic E-state index is 0.263. The number of rotatable bonds is 10. The highest BCUT2D eigenvalue weighted by atomic mass is 32.2. The maximum Gasteiger partial charge on any atom is 0.348 e. The van der Waals surface area contributed by atoms with E-state index in [4.69, 9.17) is 9.47 Å². The van der Waals surface area contributed by atoms with E-state index in [1.165, 1.54) is 23.1 Å². The number of aryl methyl sites for hydroxylation is 1. The average molecular weight is 514 g/mol. The van der Waals surface area contributed by atoms with Crippen molar-refractivity contribution in [3.05, 3.63) is 50.9 Å². The lowest BCUT2D eigenvalue weighted by molar-refractivity contribution is 0.0531. The fourth-order valence-electron chi connectivity index (χ4n) is 3.65. The topological polar surface area (TPSA) is 112 Å². The molecular formula is C24H27N5O4S2. The number of hydrogen-bond acceptors (Lipinski definition) is 9. The number of nitrogens with one attached hydrogen (secondary N) is 1. The van der Waals surface area contributed by atoms with Crippen molar-refractivity contribution in [3.63, 3.8) is 0 Å². The van der Waals surface area contributed by atoms with Crippen LogP contribution in [0.15, 0.2) is 34.2 Å². The molecule has 1 N–H and O–H groups in total. The molecule has 0 aliphatic rings. The number of methoxy groups -OCH3 is 1. The molecule has 9 nitrogen and oxygen atoms in total. The van der Waals surface area contributed by atoms with Crippen LogP contribution in [0.1, 0.15) is 47.7 Å². The largest absolute Gasteiger partial charge is 0.497 e. The molecule has 0 spiro atoms. The summed E-state index contributed by atoms with van der Waals surface area (Å²) in [5.74, 6) is 2.06. The molecule has 4 rings (SSSR count). The van der Waals surface area contributed by atoms with Crippen LogP contribution in [0.2, 0.25) is 0 Å². The van der Waals surface area contributed by atoms with Crippen molar-refractivity contribution in [2.75, 3.05) is 13.7 Å². The zero-order valence-corrected chi connectivity index (χ0v) is 21.7. The van der Waals surface area contributed by atoms with Gasteiger partial charge in [-0.05, 0) is 50.1 Å². The molecule has 4 aromatic rings. The van der Waals surface area contributed by atoms with Crippen LogP contribution < -0.4 is 10.3 Å². The van der Waals surface area contributed by atoms with Gasteiger partial charge in [0.15, 0.2) is 11.0 Å². The number of esters is 1. The van der Waals surface area contributed by atoms with Gasteiger partial charge in [0, 0.05) is 12.1 Å². The predicted octanol–water partition coefficient (Wildman–Crippen LogP) is 4.83. The molecule has 184 valence electrons. The average Bonchev–Trinajstić information content (AvgIpc) is 3.42.